The zero-order valence-corrected chi connectivity index (χ0v) is 14.1. The fraction of sp³-hybridized carbons (Fsp3) is 0.238. The van der Waals surface area contributed by atoms with Crippen molar-refractivity contribution in [3.63, 3.8) is 0 Å². The van der Waals surface area contributed by atoms with Crippen LogP contribution >= 0.6 is 0 Å². The summed E-state index contributed by atoms with van der Waals surface area (Å²) in [5, 5.41) is 2.28. The molecule has 2 aromatic carbocycles. The van der Waals surface area contributed by atoms with E-state index >= 15 is 0 Å². The van der Waals surface area contributed by atoms with Crippen molar-refractivity contribution in [1.29, 1.82) is 0 Å². The average molecular weight is 333 g/mol. The summed E-state index contributed by atoms with van der Waals surface area (Å²) in [4.78, 5) is 25.0. The van der Waals surface area contributed by atoms with Crippen LogP contribution in [0.15, 0.2) is 53.3 Å². The van der Waals surface area contributed by atoms with Gasteiger partial charge in [-0.1, -0.05) is 42.5 Å². The van der Waals surface area contributed by atoms with Crippen LogP contribution in [0.25, 0.3) is 10.8 Å². The second kappa shape index (κ2) is 6.20. The number of pyridine rings is 1. The Hall–Kier alpha value is -2.88. The second-order valence-corrected chi connectivity index (χ2v) is 6.40. The quantitative estimate of drug-likeness (QED) is 0.691. The first-order chi connectivity index (χ1) is 12.2. The molecule has 0 amide bonds. The zero-order valence-electron chi connectivity index (χ0n) is 14.1. The maximum atomic E-state index is 12.9. The Bertz CT molecular complexity index is 1030. The molecule has 4 nitrogen and oxygen atoms in total. The zero-order chi connectivity index (χ0) is 17.4. The van der Waals surface area contributed by atoms with Gasteiger partial charge in [0.15, 0.2) is 0 Å². The number of benzene rings is 2. The molecule has 4 rings (SSSR count). The number of hydrogen-bond acceptors (Lipinski definition) is 3. The molecular weight excluding hydrogens is 314 g/mol. The molecule has 1 aromatic heterocycles. The van der Waals surface area contributed by atoms with E-state index in [0.29, 0.717) is 24.1 Å². The third kappa shape index (κ3) is 2.64. The largest absolute Gasteiger partial charge is 0.465 e. The highest BCUT2D eigenvalue weighted by Gasteiger charge is 2.23. The number of hydrogen-bond donors (Lipinski definition) is 0. The molecule has 0 bridgehead atoms. The number of esters is 1. The molecule has 0 aliphatic carbocycles. The van der Waals surface area contributed by atoms with Gasteiger partial charge in [-0.05, 0) is 35.2 Å². The molecule has 1 aliphatic heterocycles. The van der Waals surface area contributed by atoms with Crippen molar-refractivity contribution in [3.8, 4) is 0 Å². The topological polar surface area (TPSA) is 48.3 Å². The summed E-state index contributed by atoms with van der Waals surface area (Å²) in [6.07, 6.45) is 2.13. The normalized spacial score (nSPS) is 13.0. The highest BCUT2D eigenvalue weighted by Crippen LogP contribution is 2.23. The van der Waals surface area contributed by atoms with E-state index in [4.69, 9.17) is 4.74 Å². The fourth-order valence-electron chi connectivity index (χ4n) is 3.74. The van der Waals surface area contributed by atoms with Gasteiger partial charge < -0.3 is 9.30 Å². The van der Waals surface area contributed by atoms with Gasteiger partial charge in [-0.2, -0.15) is 0 Å². The van der Waals surface area contributed by atoms with Crippen LogP contribution in [0.1, 0.15) is 33.6 Å². The Morgan fingerprint density at radius 2 is 1.92 bits per heavy atom. The number of rotatable bonds is 3. The molecule has 25 heavy (non-hydrogen) atoms. The predicted octanol–water partition coefficient (Wildman–Crippen LogP) is 3.33. The molecule has 0 saturated carbocycles. The monoisotopic (exact) mass is 333 g/mol. The molecule has 0 fully saturated rings. The summed E-state index contributed by atoms with van der Waals surface area (Å²) >= 11 is 0. The number of fused-ring (bicyclic) bond motifs is 2. The molecule has 0 unspecified atom stereocenters. The first-order valence-corrected chi connectivity index (χ1v) is 8.49. The highest BCUT2D eigenvalue weighted by molar-refractivity contribution is 5.91. The third-order valence-electron chi connectivity index (χ3n) is 4.94. The highest BCUT2D eigenvalue weighted by atomic mass is 16.5. The van der Waals surface area contributed by atoms with Gasteiger partial charge in [-0.15, -0.1) is 0 Å². The number of methoxy groups -OCH3 is 1. The smallest absolute Gasteiger partial charge is 0.339 e. The van der Waals surface area contributed by atoms with Crippen molar-refractivity contribution >= 4 is 16.7 Å². The number of nitrogens with zero attached hydrogens (tertiary/aromatic N) is 1. The van der Waals surface area contributed by atoms with Crippen molar-refractivity contribution in [2.24, 2.45) is 0 Å². The SMILES string of the molecule is COC(=O)c1cc(Cc2cccc3ccccc23)c(=O)n2c1CCC2. The number of aromatic nitrogens is 1. The maximum Gasteiger partial charge on any atom is 0.339 e. The Balaban J connectivity index is 1.86. The summed E-state index contributed by atoms with van der Waals surface area (Å²) in [7, 11) is 1.38. The molecule has 0 N–H and O–H groups in total. The van der Waals surface area contributed by atoms with Crippen LogP contribution in [0.2, 0.25) is 0 Å². The number of carbonyl (C=O) groups excluding carboxylic acids is 1. The van der Waals surface area contributed by atoms with Crippen molar-refractivity contribution < 1.29 is 9.53 Å². The van der Waals surface area contributed by atoms with Crippen LogP contribution in [0.4, 0.5) is 0 Å². The lowest BCUT2D eigenvalue weighted by Crippen LogP contribution is -2.26. The van der Waals surface area contributed by atoms with E-state index in [1.807, 2.05) is 24.3 Å². The summed E-state index contributed by atoms with van der Waals surface area (Å²) in [5.41, 5.74) is 3.06. The van der Waals surface area contributed by atoms with Crippen LogP contribution in [0, 0.1) is 0 Å². The van der Waals surface area contributed by atoms with E-state index in [1.165, 1.54) is 7.11 Å². The van der Waals surface area contributed by atoms with E-state index in [0.717, 1.165) is 34.9 Å². The summed E-state index contributed by atoms with van der Waals surface area (Å²) in [5.74, 6) is -0.371. The Morgan fingerprint density at radius 3 is 2.76 bits per heavy atom. The van der Waals surface area contributed by atoms with Crippen LogP contribution in [-0.2, 0) is 24.1 Å². The first kappa shape index (κ1) is 15.6. The van der Waals surface area contributed by atoms with Gasteiger partial charge in [0.2, 0.25) is 0 Å². The van der Waals surface area contributed by atoms with E-state index < -0.39 is 0 Å². The van der Waals surface area contributed by atoms with Gasteiger partial charge >= 0.3 is 5.97 Å². The van der Waals surface area contributed by atoms with Crippen molar-refractivity contribution in [1.82, 2.24) is 4.57 Å². The molecule has 0 radical (unpaired) electrons. The van der Waals surface area contributed by atoms with Crippen molar-refractivity contribution in [2.75, 3.05) is 7.11 Å². The molecule has 0 atom stereocenters. The minimum absolute atomic E-state index is 0.00749. The second-order valence-electron chi connectivity index (χ2n) is 6.40. The van der Waals surface area contributed by atoms with Gasteiger partial charge in [0, 0.05) is 24.2 Å². The van der Waals surface area contributed by atoms with E-state index in [2.05, 4.69) is 18.2 Å². The lowest BCUT2D eigenvalue weighted by Gasteiger charge is -2.12. The molecule has 2 heterocycles. The van der Waals surface area contributed by atoms with Gasteiger partial charge in [0.05, 0.1) is 12.7 Å². The summed E-state index contributed by atoms with van der Waals surface area (Å²) < 4.78 is 6.67. The minimum Gasteiger partial charge on any atom is -0.465 e. The molecular formula is C21H19NO3. The lowest BCUT2D eigenvalue weighted by atomic mass is 9.98. The third-order valence-corrected chi connectivity index (χ3v) is 4.94. The fourth-order valence-corrected chi connectivity index (χ4v) is 3.74. The van der Waals surface area contributed by atoms with Crippen LogP contribution in [0.3, 0.4) is 0 Å². The van der Waals surface area contributed by atoms with Gasteiger partial charge in [-0.25, -0.2) is 4.79 Å². The molecule has 126 valence electrons. The Morgan fingerprint density at radius 1 is 1.12 bits per heavy atom. The van der Waals surface area contributed by atoms with Crippen LogP contribution in [0.5, 0.6) is 0 Å². The Labute approximate surface area is 145 Å². The predicted molar refractivity (Wildman–Crippen MR) is 97.1 cm³/mol. The Kier molecular flexibility index (Phi) is 3.88. The summed E-state index contributed by atoms with van der Waals surface area (Å²) in [6.45, 7) is 0.668. The lowest BCUT2D eigenvalue weighted by molar-refractivity contribution is 0.0598. The van der Waals surface area contributed by atoms with E-state index in [9.17, 15) is 9.59 Å². The average Bonchev–Trinajstić information content (AvgIpc) is 3.14. The van der Waals surface area contributed by atoms with Gasteiger partial charge in [-0.3, -0.25) is 4.79 Å². The molecule has 1 aliphatic rings. The van der Waals surface area contributed by atoms with Crippen molar-refractivity contribution in [3.05, 3.63) is 81.3 Å². The van der Waals surface area contributed by atoms with Crippen molar-refractivity contribution in [2.45, 2.75) is 25.8 Å². The van der Waals surface area contributed by atoms with Gasteiger partial charge in [0.25, 0.3) is 5.56 Å². The van der Waals surface area contributed by atoms with E-state index in [-0.39, 0.29) is 11.5 Å². The first-order valence-electron chi connectivity index (χ1n) is 8.49. The maximum absolute atomic E-state index is 12.9. The number of ether oxygens (including phenoxy) is 1. The van der Waals surface area contributed by atoms with Gasteiger partial charge in [0.1, 0.15) is 0 Å². The molecule has 0 saturated heterocycles. The van der Waals surface area contributed by atoms with E-state index in [1.54, 1.807) is 10.6 Å². The standard InChI is InChI=1S/C21H19NO3/c1-25-21(24)18-13-16(20(23)22-11-5-10-19(18)22)12-15-8-4-7-14-6-2-3-9-17(14)15/h2-4,6-9,13H,5,10-12H2,1H3. The van der Waals surface area contributed by atoms with Crippen LogP contribution in [-0.4, -0.2) is 17.6 Å². The molecule has 4 heteroatoms. The molecule has 3 aromatic rings. The summed E-state index contributed by atoms with van der Waals surface area (Å²) in [6, 6.07) is 16.0. The minimum atomic E-state index is -0.371. The molecule has 0 spiro atoms. The number of carbonyl (C=O) groups is 1. The van der Waals surface area contributed by atoms with Crippen LogP contribution < -0.4 is 5.56 Å².